The van der Waals surface area contributed by atoms with Crippen LogP contribution in [0.3, 0.4) is 0 Å². The minimum absolute atomic E-state index is 0.462. The lowest BCUT2D eigenvalue weighted by Gasteiger charge is -2.09. The van der Waals surface area contributed by atoms with Gasteiger partial charge in [-0.2, -0.15) is 0 Å². The molecule has 0 bridgehead atoms. The number of rotatable bonds is 2. The molecule has 0 saturated heterocycles. The number of pyridine rings is 1. The van der Waals surface area contributed by atoms with E-state index >= 15 is 0 Å². The van der Waals surface area contributed by atoms with Gasteiger partial charge in [0.1, 0.15) is 11.3 Å². The van der Waals surface area contributed by atoms with E-state index in [1.54, 1.807) is 0 Å². The third kappa shape index (κ3) is 2.06. The van der Waals surface area contributed by atoms with Crippen molar-refractivity contribution in [3.63, 3.8) is 0 Å². The van der Waals surface area contributed by atoms with Crippen molar-refractivity contribution in [3.05, 3.63) is 71.1 Å². The van der Waals surface area contributed by atoms with Crippen LogP contribution in [0.5, 0.6) is 0 Å². The zero-order chi connectivity index (χ0) is 15.1. The van der Waals surface area contributed by atoms with Gasteiger partial charge in [-0.15, -0.1) is 0 Å². The van der Waals surface area contributed by atoms with Crippen LogP contribution in [0.25, 0.3) is 21.9 Å². The van der Waals surface area contributed by atoms with Crippen molar-refractivity contribution in [2.45, 2.75) is 13.5 Å². The number of aromatic nitrogens is 3. The average molecular weight is 308 g/mol. The van der Waals surface area contributed by atoms with E-state index in [1.165, 1.54) is 5.56 Å². The molecule has 3 nitrogen and oxygen atoms in total. The average Bonchev–Trinajstić information content (AvgIpc) is 2.86. The minimum Gasteiger partial charge on any atom is -0.323 e. The first-order chi connectivity index (χ1) is 10.7. The lowest BCUT2D eigenvalue weighted by molar-refractivity contribution is 0.788. The van der Waals surface area contributed by atoms with E-state index in [9.17, 15) is 0 Å². The van der Waals surface area contributed by atoms with Crippen molar-refractivity contribution in [1.29, 1.82) is 0 Å². The topological polar surface area (TPSA) is 30.7 Å². The van der Waals surface area contributed by atoms with Gasteiger partial charge in [-0.25, -0.2) is 9.97 Å². The third-order valence-corrected chi connectivity index (χ3v) is 4.18. The summed E-state index contributed by atoms with van der Waals surface area (Å²) in [5.41, 5.74) is 3.96. The molecule has 108 valence electrons. The summed E-state index contributed by atoms with van der Waals surface area (Å²) in [5, 5.41) is 1.54. The normalized spacial score (nSPS) is 11.4. The largest absolute Gasteiger partial charge is 0.323 e. The molecule has 0 spiro atoms. The number of hydrogen-bond donors (Lipinski definition) is 0. The smallest absolute Gasteiger partial charge is 0.157 e. The molecule has 0 saturated carbocycles. The maximum absolute atomic E-state index is 6.34. The van der Waals surface area contributed by atoms with Crippen LogP contribution in [0.15, 0.2) is 54.6 Å². The standard InChI is InChI=1S/C18H14ClN3/c1-12-20-16-17(22(12)11-13-7-3-2-4-8-13)14-9-5-6-10-15(14)21-18(16)19/h2-10H,11H2,1H3. The van der Waals surface area contributed by atoms with Crippen LogP contribution in [0.1, 0.15) is 11.4 Å². The van der Waals surface area contributed by atoms with E-state index in [1.807, 2.05) is 31.2 Å². The van der Waals surface area contributed by atoms with Crippen LogP contribution < -0.4 is 0 Å². The van der Waals surface area contributed by atoms with Gasteiger partial charge in [-0.1, -0.05) is 60.1 Å². The SMILES string of the molecule is Cc1nc2c(Cl)nc3ccccc3c2n1Cc1ccccc1. The summed E-state index contributed by atoms with van der Waals surface area (Å²) in [6, 6.07) is 18.4. The Balaban J connectivity index is 2.03. The lowest BCUT2D eigenvalue weighted by atomic mass is 10.2. The van der Waals surface area contributed by atoms with Crippen molar-refractivity contribution in [3.8, 4) is 0 Å². The number of aryl methyl sites for hydroxylation is 1. The molecule has 2 heterocycles. The van der Waals surface area contributed by atoms with Gasteiger partial charge in [0.15, 0.2) is 5.15 Å². The first kappa shape index (κ1) is 13.3. The predicted molar refractivity (Wildman–Crippen MR) is 90.3 cm³/mol. The van der Waals surface area contributed by atoms with Crippen molar-refractivity contribution >= 4 is 33.5 Å². The van der Waals surface area contributed by atoms with E-state index < -0.39 is 0 Å². The summed E-state index contributed by atoms with van der Waals surface area (Å²) >= 11 is 6.34. The summed E-state index contributed by atoms with van der Waals surface area (Å²) < 4.78 is 2.21. The highest BCUT2D eigenvalue weighted by Crippen LogP contribution is 2.30. The van der Waals surface area contributed by atoms with Gasteiger partial charge in [0.25, 0.3) is 0 Å². The molecule has 0 aliphatic rings. The number of halogens is 1. The Morgan fingerprint density at radius 3 is 2.50 bits per heavy atom. The highest BCUT2D eigenvalue weighted by Gasteiger charge is 2.15. The van der Waals surface area contributed by atoms with Crippen molar-refractivity contribution in [2.75, 3.05) is 0 Å². The molecule has 2 aromatic carbocycles. The van der Waals surface area contributed by atoms with Crippen molar-refractivity contribution in [1.82, 2.24) is 14.5 Å². The number of nitrogens with zero attached hydrogens (tertiary/aromatic N) is 3. The van der Waals surface area contributed by atoms with Gasteiger partial charge in [0, 0.05) is 11.9 Å². The van der Waals surface area contributed by atoms with Crippen LogP contribution in [-0.4, -0.2) is 14.5 Å². The van der Waals surface area contributed by atoms with E-state index in [4.69, 9.17) is 11.6 Å². The molecule has 4 rings (SSSR count). The Kier molecular flexibility index (Phi) is 3.09. The van der Waals surface area contributed by atoms with Crippen LogP contribution in [0.2, 0.25) is 5.15 Å². The van der Waals surface area contributed by atoms with Crippen LogP contribution in [-0.2, 0) is 6.54 Å². The number of para-hydroxylation sites is 1. The van der Waals surface area contributed by atoms with Gasteiger partial charge in [0.2, 0.25) is 0 Å². The van der Waals surface area contributed by atoms with Crippen molar-refractivity contribution < 1.29 is 0 Å². The molecule has 0 atom stereocenters. The van der Waals surface area contributed by atoms with Crippen molar-refractivity contribution in [2.24, 2.45) is 0 Å². The zero-order valence-corrected chi connectivity index (χ0v) is 12.9. The Hall–Kier alpha value is -2.39. The highest BCUT2D eigenvalue weighted by atomic mass is 35.5. The Morgan fingerprint density at radius 1 is 0.955 bits per heavy atom. The number of fused-ring (bicyclic) bond motifs is 3. The first-order valence-electron chi connectivity index (χ1n) is 7.19. The second kappa shape index (κ2) is 5.11. The van der Waals surface area contributed by atoms with E-state index in [0.717, 1.165) is 34.3 Å². The maximum Gasteiger partial charge on any atom is 0.157 e. The fourth-order valence-corrected chi connectivity index (χ4v) is 3.09. The van der Waals surface area contributed by atoms with Crippen LogP contribution >= 0.6 is 11.6 Å². The number of benzene rings is 2. The second-order valence-electron chi connectivity index (χ2n) is 5.35. The fourth-order valence-electron chi connectivity index (χ4n) is 2.87. The molecule has 4 aromatic rings. The zero-order valence-electron chi connectivity index (χ0n) is 12.1. The molecule has 0 radical (unpaired) electrons. The first-order valence-corrected chi connectivity index (χ1v) is 7.57. The number of imidazole rings is 1. The van der Waals surface area contributed by atoms with E-state index in [2.05, 4.69) is 44.9 Å². The van der Waals surface area contributed by atoms with Crippen LogP contribution in [0, 0.1) is 6.92 Å². The molecule has 0 amide bonds. The Morgan fingerprint density at radius 2 is 1.68 bits per heavy atom. The quantitative estimate of drug-likeness (QED) is 0.507. The third-order valence-electron chi connectivity index (χ3n) is 3.92. The van der Waals surface area contributed by atoms with Gasteiger partial charge >= 0.3 is 0 Å². The second-order valence-corrected chi connectivity index (χ2v) is 5.71. The van der Waals surface area contributed by atoms with Gasteiger partial charge in [0.05, 0.1) is 11.0 Å². The summed E-state index contributed by atoms with van der Waals surface area (Å²) in [7, 11) is 0. The summed E-state index contributed by atoms with van der Waals surface area (Å²) in [6.45, 7) is 2.78. The Labute approximate surface area is 133 Å². The molecule has 0 aliphatic heterocycles. The Bertz CT molecular complexity index is 974. The molecule has 0 unspecified atom stereocenters. The lowest BCUT2D eigenvalue weighted by Crippen LogP contribution is -2.02. The molecule has 4 heteroatoms. The maximum atomic E-state index is 6.34. The molecule has 0 N–H and O–H groups in total. The summed E-state index contributed by atoms with van der Waals surface area (Å²) in [4.78, 5) is 9.08. The number of hydrogen-bond acceptors (Lipinski definition) is 2. The molecule has 0 fully saturated rings. The van der Waals surface area contributed by atoms with Gasteiger partial charge in [-0.05, 0) is 18.6 Å². The molecular formula is C18H14ClN3. The van der Waals surface area contributed by atoms with E-state index in [0.29, 0.717) is 5.15 Å². The molecular weight excluding hydrogens is 294 g/mol. The highest BCUT2D eigenvalue weighted by molar-refractivity contribution is 6.35. The van der Waals surface area contributed by atoms with E-state index in [-0.39, 0.29) is 0 Å². The summed E-state index contributed by atoms with van der Waals surface area (Å²) in [5.74, 6) is 0.943. The summed E-state index contributed by atoms with van der Waals surface area (Å²) in [6.07, 6.45) is 0. The molecule has 0 aliphatic carbocycles. The monoisotopic (exact) mass is 307 g/mol. The molecule has 22 heavy (non-hydrogen) atoms. The van der Waals surface area contributed by atoms with Gasteiger partial charge in [-0.3, -0.25) is 0 Å². The molecule has 2 aromatic heterocycles. The van der Waals surface area contributed by atoms with Gasteiger partial charge < -0.3 is 4.57 Å². The van der Waals surface area contributed by atoms with Crippen LogP contribution in [0.4, 0.5) is 0 Å². The minimum atomic E-state index is 0.462. The predicted octanol–water partition coefficient (Wildman–Crippen LogP) is 4.59. The fraction of sp³-hybridized carbons (Fsp3) is 0.111.